The zero-order valence-corrected chi connectivity index (χ0v) is 11.9. The van der Waals surface area contributed by atoms with E-state index in [9.17, 15) is 9.59 Å². The van der Waals surface area contributed by atoms with E-state index in [4.69, 9.17) is 0 Å². The minimum atomic E-state index is -1.10. The van der Waals surface area contributed by atoms with Gasteiger partial charge in [0.2, 0.25) is 5.91 Å². The average molecular weight is 243 g/mol. The van der Waals surface area contributed by atoms with Crippen LogP contribution in [0.4, 0.5) is 0 Å². The van der Waals surface area contributed by atoms with Crippen molar-refractivity contribution in [3.05, 3.63) is 0 Å². The number of hydrogen-bond donors (Lipinski definition) is 0. The molecule has 100 valence electrons. The lowest BCUT2D eigenvalue weighted by Crippen LogP contribution is -2.44. The second kappa shape index (κ2) is 6.62. The number of ether oxygens (including phenoxy) is 1. The van der Waals surface area contributed by atoms with Gasteiger partial charge in [0.05, 0.1) is 7.11 Å². The topological polar surface area (TPSA) is 46.6 Å². The van der Waals surface area contributed by atoms with Gasteiger partial charge in [-0.15, -0.1) is 0 Å². The first-order valence-corrected chi connectivity index (χ1v) is 6.07. The molecule has 4 nitrogen and oxygen atoms in total. The van der Waals surface area contributed by atoms with Crippen LogP contribution in [0.15, 0.2) is 0 Å². The molecule has 0 heterocycles. The molecule has 0 bridgehead atoms. The van der Waals surface area contributed by atoms with Gasteiger partial charge in [-0.1, -0.05) is 13.8 Å². The van der Waals surface area contributed by atoms with E-state index in [1.807, 2.05) is 0 Å². The Hall–Kier alpha value is -1.06. The van der Waals surface area contributed by atoms with Gasteiger partial charge >= 0.3 is 5.97 Å². The fourth-order valence-electron chi connectivity index (χ4n) is 1.66. The first-order chi connectivity index (χ1) is 7.73. The van der Waals surface area contributed by atoms with Gasteiger partial charge in [-0.25, -0.2) is 0 Å². The van der Waals surface area contributed by atoms with Crippen LogP contribution in [-0.2, 0) is 14.3 Å². The second-order valence-corrected chi connectivity index (χ2v) is 5.38. The van der Waals surface area contributed by atoms with Gasteiger partial charge in [-0.2, -0.15) is 0 Å². The van der Waals surface area contributed by atoms with Crippen LogP contribution in [0.2, 0.25) is 0 Å². The standard InChI is InChI=1S/C13H25NO3/c1-10(2)8-7-9-14(5)11(15)13(3,4)12(16)17-6/h10H,7-9H2,1-6H3. The first-order valence-electron chi connectivity index (χ1n) is 6.07. The molecule has 0 atom stereocenters. The van der Waals surface area contributed by atoms with Crippen molar-refractivity contribution in [3.8, 4) is 0 Å². The third-order valence-corrected chi connectivity index (χ3v) is 2.85. The Bertz CT molecular complexity index is 272. The highest BCUT2D eigenvalue weighted by molar-refractivity contribution is 6.01. The normalized spacial score (nSPS) is 11.5. The maximum absolute atomic E-state index is 12.1. The summed E-state index contributed by atoms with van der Waals surface area (Å²) in [5.74, 6) is -0.0431. The van der Waals surface area contributed by atoms with Crippen LogP contribution in [0.1, 0.15) is 40.5 Å². The predicted octanol–water partition coefficient (Wildman–Crippen LogP) is 2.08. The Kier molecular flexibility index (Phi) is 6.21. The van der Waals surface area contributed by atoms with E-state index in [0.29, 0.717) is 12.5 Å². The molecule has 0 N–H and O–H groups in total. The highest BCUT2D eigenvalue weighted by Gasteiger charge is 2.39. The SMILES string of the molecule is COC(=O)C(C)(C)C(=O)N(C)CCCC(C)C. The van der Waals surface area contributed by atoms with Gasteiger partial charge in [0.25, 0.3) is 0 Å². The highest BCUT2D eigenvalue weighted by Crippen LogP contribution is 2.20. The fraction of sp³-hybridized carbons (Fsp3) is 0.846. The summed E-state index contributed by atoms with van der Waals surface area (Å²) >= 11 is 0. The molecular formula is C13H25NO3. The van der Waals surface area contributed by atoms with Crippen LogP contribution in [0.3, 0.4) is 0 Å². The average Bonchev–Trinajstić information content (AvgIpc) is 2.25. The number of methoxy groups -OCH3 is 1. The van der Waals surface area contributed by atoms with Crippen molar-refractivity contribution in [1.29, 1.82) is 0 Å². The highest BCUT2D eigenvalue weighted by atomic mass is 16.5. The summed E-state index contributed by atoms with van der Waals surface area (Å²) in [4.78, 5) is 25.2. The molecule has 0 radical (unpaired) electrons. The lowest BCUT2D eigenvalue weighted by molar-refractivity contribution is -0.160. The van der Waals surface area contributed by atoms with E-state index in [1.165, 1.54) is 7.11 Å². The molecule has 0 fully saturated rings. The predicted molar refractivity (Wildman–Crippen MR) is 67.5 cm³/mol. The molecule has 17 heavy (non-hydrogen) atoms. The van der Waals surface area contributed by atoms with E-state index in [2.05, 4.69) is 18.6 Å². The van der Waals surface area contributed by atoms with Gasteiger partial charge in [-0.3, -0.25) is 9.59 Å². The summed E-state index contributed by atoms with van der Waals surface area (Å²) in [6.45, 7) is 8.18. The number of nitrogens with zero attached hydrogens (tertiary/aromatic N) is 1. The molecule has 0 aliphatic heterocycles. The van der Waals surface area contributed by atoms with E-state index in [0.717, 1.165) is 12.8 Å². The second-order valence-electron chi connectivity index (χ2n) is 5.38. The smallest absolute Gasteiger partial charge is 0.320 e. The summed E-state index contributed by atoms with van der Waals surface area (Å²) < 4.78 is 4.64. The van der Waals surface area contributed by atoms with Crippen molar-refractivity contribution >= 4 is 11.9 Å². The number of hydrogen-bond acceptors (Lipinski definition) is 3. The first kappa shape index (κ1) is 15.9. The summed E-state index contributed by atoms with van der Waals surface area (Å²) in [6.07, 6.45) is 2.04. The van der Waals surface area contributed by atoms with Crippen molar-refractivity contribution in [2.75, 3.05) is 20.7 Å². The molecule has 0 unspecified atom stereocenters. The van der Waals surface area contributed by atoms with Crippen molar-refractivity contribution in [2.45, 2.75) is 40.5 Å². The van der Waals surface area contributed by atoms with Crippen molar-refractivity contribution in [1.82, 2.24) is 4.90 Å². The Morgan fingerprint density at radius 1 is 1.29 bits per heavy atom. The third-order valence-electron chi connectivity index (χ3n) is 2.85. The molecule has 0 aromatic heterocycles. The van der Waals surface area contributed by atoms with Crippen LogP contribution in [0.25, 0.3) is 0 Å². The van der Waals surface area contributed by atoms with Gasteiger partial charge < -0.3 is 9.64 Å². The largest absolute Gasteiger partial charge is 0.468 e. The van der Waals surface area contributed by atoms with Gasteiger partial charge in [0.15, 0.2) is 0 Å². The van der Waals surface area contributed by atoms with E-state index in [1.54, 1.807) is 25.8 Å². The Balaban J connectivity index is 4.34. The molecule has 0 spiro atoms. The monoisotopic (exact) mass is 243 g/mol. The van der Waals surface area contributed by atoms with Crippen molar-refractivity contribution in [3.63, 3.8) is 0 Å². The summed E-state index contributed by atoms with van der Waals surface area (Å²) in [5, 5.41) is 0. The minimum absolute atomic E-state index is 0.187. The van der Waals surface area contributed by atoms with E-state index >= 15 is 0 Å². The molecule has 0 aliphatic carbocycles. The molecule has 0 aromatic carbocycles. The number of rotatable bonds is 6. The van der Waals surface area contributed by atoms with E-state index in [-0.39, 0.29) is 5.91 Å². The molecule has 4 heteroatoms. The maximum Gasteiger partial charge on any atom is 0.320 e. The molecule has 0 aliphatic rings. The number of esters is 1. The quantitative estimate of drug-likeness (QED) is 0.530. The Morgan fingerprint density at radius 3 is 2.24 bits per heavy atom. The fourth-order valence-corrected chi connectivity index (χ4v) is 1.66. The maximum atomic E-state index is 12.1. The molecule has 0 saturated carbocycles. The van der Waals surface area contributed by atoms with Crippen LogP contribution in [0, 0.1) is 11.3 Å². The van der Waals surface area contributed by atoms with Crippen molar-refractivity contribution < 1.29 is 14.3 Å². The minimum Gasteiger partial charge on any atom is -0.468 e. The number of amides is 1. The molecular weight excluding hydrogens is 218 g/mol. The zero-order valence-electron chi connectivity index (χ0n) is 11.9. The molecule has 0 rings (SSSR count). The van der Waals surface area contributed by atoms with Gasteiger partial charge in [-0.05, 0) is 32.6 Å². The van der Waals surface area contributed by atoms with Crippen LogP contribution < -0.4 is 0 Å². The van der Waals surface area contributed by atoms with Crippen LogP contribution in [-0.4, -0.2) is 37.5 Å². The van der Waals surface area contributed by atoms with Crippen LogP contribution >= 0.6 is 0 Å². The zero-order chi connectivity index (χ0) is 13.6. The molecule has 0 saturated heterocycles. The van der Waals surface area contributed by atoms with Gasteiger partial charge in [0, 0.05) is 13.6 Å². The summed E-state index contributed by atoms with van der Waals surface area (Å²) in [7, 11) is 3.03. The lowest BCUT2D eigenvalue weighted by atomic mass is 9.91. The van der Waals surface area contributed by atoms with E-state index < -0.39 is 11.4 Å². The van der Waals surface area contributed by atoms with Crippen LogP contribution in [0.5, 0.6) is 0 Å². The number of carbonyl (C=O) groups excluding carboxylic acids is 2. The molecule has 0 aromatic rings. The van der Waals surface area contributed by atoms with Crippen molar-refractivity contribution in [2.24, 2.45) is 11.3 Å². The summed E-state index contributed by atoms with van der Waals surface area (Å²) in [5.41, 5.74) is -1.10. The molecule has 1 amide bonds. The number of carbonyl (C=O) groups is 2. The lowest BCUT2D eigenvalue weighted by Gasteiger charge is -2.27. The third kappa shape index (κ3) is 4.75. The Labute approximate surface area is 104 Å². The Morgan fingerprint density at radius 2 is 1.82 bits per heavy atom. The summed E-state index contributed by atoms with van der Waals surface area (Å²) in [6, 6.07) is 0. The van der Waals surface area contributed by atoms with Gasteiger partial charge in [0.1, 0.15) is 5.41 Å².